The SMILES string of the molecule is Cc1nc2c(N3CCOCC3)nc(-c3cccc4[nH]ncc34)cn2c1C1=CCN(CC(=O)O)CC1. The maximum Gasteiger partial charge on any atom is 0.317 e. The van der Waals surface area contributed by atoms with Crippen molar-refractivity contribution in [1.82, 2.24) is 29.5 Å². The van der Waals surface area contributed by atoms with Crippen LogP contribution in [0.5, 0.6) is 0 Å². The molecular formula is C25H27N7O3. The van der Waals surface area contributed by atoms with Gasteiger partial charge in [0.25, 0.3) is 0 Å². The normalized spacial score (nSPS) is 17.3. The Labute approximate surface area is 201 Å². The lowest BCUT2D eigenvalue weighted by Gasteiger charge is -2.28. The van der Waals surface area contributed by atoms with Gasteiger partial charge in [-0.1, -0.05) is 18.2 Å². The molecule has 5 heterocycles. The first-order valence-corrected chi connectivity index (χ1v) is 11.9. The first-order chi connectivity index (χ1) is 17.1. The van der Waals surface area contributed by atoms with Crippen molar-refractivity contribution in [2.24, 2.45) is 0 Å². The lowest BCUT2D eigenvalue weighted by atomic mass is 10.0. The second-order valence-electron chi connectivity index (χ2n) is 9.03. The van der Waals surface area contributed by atoms with Gasteiger partial charge in [0, 0.05) is 43.3 Å². The number of nitrogens with zero attached hydrogens (tertiary/aromatic N) is 6. The van der Waals surface area contributed by atoms with Crippen molar-refractivity contribution in [2.45, 2.75) is 13.3 Å². The number of carboxylic acid groups (broad SMARTS) is 1. The molecule has 2 aliphatic heterocycles. The fourth-order valence-corrected chi connectivity index (χ4v) is 5.10. The zero-order valence-corrected chi connectivity index (χ0v) is 19.6. The molecule has 0 radical (unpaired) electrons. The minimum atomic E-state index is -0.799. The Balaban J connectivity index is 1.52. The number of aryl methyl sites for hydroxylation is 1. The molecule has 1 saturated heterocycles. The molecule has 3 aromatic heterocycles. The van der Waals surface area contributed by atoms with E-state index in [9.17, 15) is 4.79 Å². The van der Waals surface area contributed by atoms with Crippen LogP contribution >= 0.6 is 0 Å². The molecule has 0 bridgehead atoms. The summed E-state index contributed by atoms with van der Waals surface area (Å²) in [4.78, 5) is 25.4. The standard InChI is InChI=1S/C25H27N7O3/c1-16-23(17-5-7-30(8-6-17)15-22(33)34)32-14-21(18-3-2-4-20-19(18)13-26-29-20)28-24(25(32)27-16)31-9-11-35-12-10-31/h2-5,13-14H,6-12,15H2,1H3,(H,26,29)(H,33,34). The summed E-state index contributed by atoms with van der Waals surface area (Å²) in [7, 11) is 0. The van der Waals surface area contributed by atoms with Crippen LogP contribution in [0.25, 0.3) is 33.4 Å². The second kappa shape index (κ2) is 8.79. The molecule has 1 aromatic carbocycles. The van der Waals surface area contributed by atoms with Crippen molar-refractivity contribution < 1.29 is 14.6 Å². The number of rotatable bonds is 5. The van der Waals surface area contributed by atoms with Crippen LogP contribution in [0.1, 0.15) is 17.8 Å². The minimum Gasteiger partial charge on any atom is -0.480 e. The highest BCUT2D eigenvalue weighted by Gasteiger charge is 2.25. The molecule has 0 atom stereocenters. The lowest BCUT2D eigenvalue weighted by molar-refractivity contribution is -0.138. The summed E-state index contributed by atoms with van der Waals surface area (Å²) in [6, 6.07) is 6.09. The van der Waals surface area contributed by atoms with Gasteiger partial charge >= 0.3 is 5.97 Å². The number of aromatic amines is 1. The molecule has 0 spiro atoms. The largest absolute Gasteiger partial charge is 0.480 e. The topological polar surface area (TPSA) is 112 Å². The molecule has 2 N–H and O–H groups in total. The zero-order chi connectivity index (χ0) is 23.9. The zero-order valence-electron chi connectivity index (χ0n) is 19.6. The number of imidazole rings is 1. The van der Waals surface area contributed by atoms with Crippen LogP contribution in [0.15, 0.2) is 36.7 Å². The van der Waals surface area contributed by atoms with Crippen molar-refractivity contribution >= 4 is 33.9 Å². The van der Waals surface area contributed by atoms with E-state index >= 15 is 0 Å². The van der Waals surface area contributed by atoms with Crippen LogP contribution in [0, 0.1) is 6.92 Å². The number of carbonyl (C=O) groups is 1. The number of carboxylic acids is 1. The van der Waals surface area contributed by atoms with Crippen molar-refractivity contribution in [3.05, 3.63) is 48.1 Å². The molecule has 35 heavy (non-hydrogen) atoms. The molecule has 1 fully saturated rings. The fourth-order valence-electron chi connectivity index (χ4n) is 5.10. The monoisotopic (exact) mass is 473 g/mol. The summed E-state index contributed by atoms with van der Waals surface area (Å²) in [6.07, 6.45) is 6.81. The van der Waals surface area contributed by atoms with E-state index in [0.29, 0.717) is 26.3 Å². The Morgan fingerprint density at radius 3 is 2.83 bits per heavy atom. The number of benzene rings is 1. The molecule has 0 unspecified atom stereocenters. The molecule has 4 aromatic rings. The van der Waals surface area contributed by atoms with Crippen LogP contribution in [0.3, 0.4) is 0 Å². The average Bonchev–Trinajstić information content (AvgIpc) is 3.48. The lowest BCUT2D eigenvalue weighted by Crippen LogP contribution is -2.37. The van der Waals surface area contributed by atoms with E-state index in [1.165, 1.54) is 5.57 Å². The van der Waals surface area contributed by atoms with E-state index in [4.69, 9.17) is 19.8 Å². The highest BCUT2D eigenvalue weighted by Crippen LogP contribution is 2.34. The van der Waals surface area contributed by atoms with Crippen molar-refractivity contribution in [2.75, 3.05) is 50.8 Å². The molecule has 180 valence electrons. The number of hydrogen-bond donors (Lipinski definition) is 2. The first-order valence-electron chi connectivity index (χ1n) is 11.9. The molecule has 0 saturated carbocycles. The Hall–Kier alpha value is -3.76. The number of aliphatic carboxylic acids is 1. The van der Waals surface area contributed by atoms with E-state index in [1.807, 2.05) is 30.2 Å². The number of anilines is 1. The van der Waals surface area contributed by atoms with Gasteiger partial charge in [-0.15, -0.1) is 0 Å². The maximum atomic E-state index is 11.1. The quantitative estimate of drug-likeness (QED) is 0.455. The second-order valence-corrected chi connectivity index (χ2v) is 9.03. The van der Waals surface area contributed by atoms with Gasteiger partial charge in [-0.25, -0.2) is 9.97 Å². The minimum absolute atomic E-state index is 0.0554. The summed E-state index contributed by atoms with van der Waals surface area (Å²) >= 11 is 0. The summed E-state index contributed by atoms with van der Waals surface area (Å²) in [5.74, 6) is 0.0525. The Morgan fingerprint density at radius 2 is 2.06 bits per heavy atom. The van der Waals surface area contributed by atoms with Gasteiger partial charge in [0.05, 0.1) is 48.6 Å². The summed E-state index contributed by atoms with van der Waals surface area (Å²) in [5, 5.41) is 17.5. The molecule has 10 nitrogen and oxygen atoms in total. The van der Waals surface area contributed by atoms with Crippen molar-refractivity contribution in [3.63, 3.8) is 0 Å². The number of morpholine rings is 1. The molecule has 10 heteroatoms. The van der Waals surface area contributed by atoms with E-state index in [-0.39, 0.29) is 6.54 Å². The molecule has 0 amide bonds. The van der Waals surface area contributed by atoms with E-state index in [0.717, 1.165) is 64.5 Å². The van der Waals surface area contributed by atoms with E-state index in [2.05, 4.69) is 37.8 Å². The van der Waals surface area contributed by atoms with E-state index < -0.39 is 5.97 Å². The maximum absolute atomic E-state index is 11.1. The third kappa shape index (κ3) is 3.94. The molecule has 2 aliphatic rings. The Bertz CT molecular complexity index is 1450. The smallest absolute Gasteiger partial charge is 0.317 e. The number of H-pyrrole nitrogens is 1. The molecule has 0 aliphatic carbocycles. The number of ether oxygens (including phenoxy) is 1. The summed E-state index contributed by atoms with van der Waals surface area (Å²) in [5.41, 5.74) is 6.85. The van der Waals surface area contributed by atoms with Gasteiger partial charge in [0.2, 0.25) is 0 Å². The average molecular weight is 474 g/mol. The van der Waals surface area contributed by atoms with Crippen LogP contribution in [0.2, 0.25) is 0 Å². The van der Waals surface area contributed by atoms with Gasteiger partial charge in [-0.05, 0) is 25.0 Å². The molecular weight excluding hydrogens is 446 g/mol. The summed E-state index contributed by atoms with van der Waals surface area (Å²) < 4.78 is 7.76. The van der Waals surface area contributed by atoms with E-state index in [1.54, 1.807) is 0 Å². The van der Waals surface area contributed by atoms with Crippen LogP contribution < -0.4 is 4.90 Å². The van der Waals surface area contributed by atoms with Crippen molar-refractivity contribution in [1.29, 1.82) is 0 Å². The fraction of sp³-hybridized carbons (Fsp3) is 0.360. The highest BCUT2D eigenvalue weighted by atomic mass is 16.5. The van der Waals surface area contributed by atoms with Crippen LogP contribution in [-0.4, -0.2) is 86.5 Å². The number of aromatic nitrogens is 5. The van der Waals surface area contributed by atoms with Crippen LogP contribution in [0.4, 0.5) is 5.82 Å². The predicted molar refractivity (Wildman–Crippen MR) is 133 cm³/mol. The van der Waals surface area contributed by atoms with Gasteiger partial charge in [0.1, 0.15) is 0 Å². The molecule has 6 rings (SSSR count). The Morgan fingerprint density at radius 1 is 1.20 bits per heavy atom. The number of hydrogen-bond acceptors (Lipinski definition) is 7. The van der Waals surface area contributed by atoms with Gasteiger partial charge in [-0.2, -0.15) is 5.10 Å². The highest BCUT2D eigenvalue weighted by molar-refractivity contribution is 5.94. The van der Waals surface area contributed by atoms with Gasteiger partial charge in [0.15, 0.2) is 11.5 Å². The van der Waals surface area contributed by atoms with Crippen LogP contribution in [-0.2, 0) is 9.53 Å². The van der Waals surface area contributed by atoms with Gasteiger partial charge < -0.3 is 14.7 Å². The van der Waals surface area contributed by atoms with Crippen molar-refractivity contribution in [3.8, 4) is 11.3 Å². The summed E-state index contributed by atoms with van der Waals surface area (Å²) in [6.45, 7) is 6.24. The first kappa shape index (κ1) is 21.8. The number of nitrogens with one attached hydrogen (secondary N) is 1. The predicted octanol–water partition coefficient (Wildman–Crippen LogP) is 2.59. The third-order valence-corrected chi connectivity index (χ3v) is 6.79. The number of fused-ring (bicyclic) bond motifs is 2. The van der Waals surface area contributed by atoms with Gasteiger partial charge in [-0.3, -0.25) is 19.2 Å². The Kier molecular flexibility index (Phi) is 5.46. The third-order valence-electron chi connectivity index (χ3n) is 6.79.